The van der Waals surface area contributed by atoms with E-state index in [0.29, 0.717) is 29.7 Å². The highest BCUT2D eigenvalue weighted by Gasteiger charge is 2.15. The van der Waals surface area contributed by atoms with Crippen molar-refractivity contribution in [3.8, 4) is 5.75 Å². The Labute approximate surface area is 101 Å². The predicted octanol–water partition coefficient (Wildman–Crippen LogP) is 1.91. The summed E-state index contributed by atoms with van der Waals surface area (Å²) in [5.74, 6) is 0.593. The molecule has 3 nitrogen and oxygen atoms in total. The van der Waals surface area contributed by atoms with Crippen LogP contribution in [0.25, 0.3) is 5.76 Å². The van der Waals surface area contributed by atoms with E-state index in [2.05, 4.69) is 0 Å². The van der Waals surface area contributed by atoms with Gasteiger partial charge in [0, 0.05) is 6.42 Å². The molecular formula is C14H15O3-. The molecule has 0 aliphatic heterocycles. The van der Waals surface area contributed by atoms with E-state index in [9.17, 15) is 9.90 Å². The number of carbonyl (C=O) groups excluding carboxylic acids is 1. The summed E-state index contributed by atoms with van der Waals surface area (Å²) in [6.45, 7) is 0. The summed E-state index contributed by atoms with van der Waals surface area (Å²) in [5.41, 5.74) is 1.03. The summed E-state index contributed by atoms with van der Waals surface area (Å²) < 4.78 is 5.03. The molecule has 3 heteroatoms. The molecule has 0 aromatic heterocycles. The number of carbonyl (C=O) groups is 1. The van der Waals surface area contributed by atoms with Gasteiger partial charge in [0.05, 0.1) is 7.11 Å². The van der Waals surface area contributed by atoms with Crippen LogP contribution in [0.3, 0.4) is 0 Å². The topological polar surface area (TPSA) is 49.4 Å². The van der Waals surface area contributed by atoms with Gasteiger partial charge < -0.3 is 9.84 Å². The molecule has 1 saturated carbocycles. The average molecular weight is 231 g/mol. The quantitative estimate of drug-likeness (QED) is 0.577. The summed E-state index contributed by atoms with van der Waals surface area (Å²) in [5, 5.41) is 12.1. The van der Waals surface area contributed by atoms with Crippen LogP contribution in [0.5, 0.6) is 5.75 Å². The first-order chi connectivity index (χ1) is 8.22. The lowest BCUT2D eigenvalue weighted by atomic mass is 9.91. The van der Waals surface area contributed by atoms with Gasteiger partial charge in [-0.1, -0.05) is 17.9 Å². The van der Waals surface area contributed by atoms with E-state index in [4.69, 9.17) is 4.74 Å². The van der Waals surface area contributed by atoms with Crippen LogP contribution in [0, 0.1) is 0 Å². The second-order valence-electron chi connectivity index (χ2n) is 4.17. The van der Waals surface area contributed by atoms with Gasteiger partial charge in [0.1, 0.15) is 5.75 Å². The number of hydrogen-bond acceptors (Lipinski definition) is 3. The molecule has 0 radical (unpaired) electrons. The van der Waals surface area contributed by atoms with Gasteiger partial charge in [-0.15, -0.1) is 0 Å². The molecule has 0 heterocycles. The Kier molecular flexibility index (Phi) is 3.47. The van der Waals surface area contributed by atoms with Gasteiger partial charge in [-0.2, -0.15) is 0 Å². The van der Waals surface area contributed by atoms with Crippen LogP contribution in [0.1, 0.15) is 31.2 Å². The molecule has 0 spiro atoms. The zero-order chi connectivity index (χ0) is 12.3. The number of Topliss-reactive ketones (excluding diaryl/α,β-unsaturated/α-hetero) is 1. The molecule has 1 fully saturated rings. The lowest BCUT2D eigenvalue weighted by Crippen LogP contribution is -2.16. The van der Waals surface area contributed by atoms with Crippen molar-refractivity contribution in [1.82, 2.24) is 0 Å². The Morgan fingerprint density at radius 1 is 1.18 bits per heavy atom. The predicted molar refractivity (Wildman–Crippen MR) is 63.4 cm³/mol. The Hall–Kier alpha value is -1.77. The fourth-order valence-corrected chi connectivity index (χ4v) is 2.03. The minimum absolute atomic E-state index is 0.0112. The maximum absolute atomic E-state index is 12.1. The van der Waals surface area contributed by atoms with Crippen molar-refractivity contribution in [2.75, 3.05) is 7.11 Å². The van der Waals surface area contributed by atoms with Crippen LogP contribution in [0.2, 0.25) is 0 Å². The van der Waals surface area contributed by atoms with Gasteiger partial charge in [-0.25, -0.2) is 0 Å². The zero-order valence-electron chi connectivity index (χ0n) is 9.86. The van der Waals surface area contributed by atoms with Gasteiger partial charge in [0.15, 0.2) is 5.78 Å². The third-order valence-corrected chi connectivity index (χ3v) is 3.04. The molecular weight excluding hydrogens is 216 g/mol. The lowest BCUT2D eigenvalue weighted by molar-refractivity contribution is -0.245. The van der Waals surface area contributed by atoms with Crippen molar-refractivity contribution >= 4 is 11.5 Å². The fraction of sp³-hybridized carbons (Fsp3) is 0.357. The van der Waals surface area contributed by atoms with Crippen LogP contribution in [0.4, 0.5) is 0 Å². The molecule has 90 valence electrons. The summed E-state index contributed by atoms with van der Waals surface area (Å²) in [7, 11) is 1.58. The van der Waals surface area contributed by atoms with Crippen molar-refractivity contribution in [3.05, 3.63) is 35.4 Å². The van der Waals surface area contributed by atoms with Crippen molar-refractivity contribution in [2.24, 2.45) is 0 Å². The molecule has 1 aliphatic carbocycles. The maximum atomic E-state index is 12.1. The van der Waals surface area contributed by atoms with Gasteiger partial charge in [-0.05, 0) is 42.5 Å². The van der Waals surface area contributed by atoms with E-state index >= 15 is 0 Å². The van der Waals surface area contributed by atoms with E-state index in [0.717, 1.165) is 12.8 Å². The second-order valence-corrected chi connectivity index (χ2v) is 4.17. The van der Waals surface area contributed by atoms with Gasteiger partial charge in [0.25, 0.3) is 0 Å². The van der Waals surface area contributed by atoms with Crippen LogP contribution < -0.4 is 9.84 Å². The molecule has 0 unspecified atom stereocenters. The van der Waals surface area contributed by atoms with E-state index in [1.165, 1.54) is 0 Å². The van der Waals surface area contributed by atoms with E-state index in [-0.39, 0.29) is 11.5 Å². The zero-order valence-corrected chi connectivity index (χ0v) is 9.86. The molecule has 0 N–H and O–H groups in total. The van der Waals surface area contributed by atoms with Gasteiger partial charge >= 0.3 is 0 Å². The van der Waals surface area contributed by atoms with Crippen LogP contribution >= 0.6 is 0 Å². The molecule has 1 aromatic rings. The SMILES string of the molecule is COc1ccc(/C([O-])=C2/CCCCC2=O)cc1. The molecule has 0 bridgehead atoms. The smallest absolute Gasteiger partial charge is 0.158 e. The third kappa shape index (κ3) is 2.49. The molecule has 0 amide bonds. The number of ether oxygens (including phenoxy) is 1. The standard InChI is InChI=1S/C14H16O3/c1-17-11-8-6-10(7-9-11)14(16)12-4-2-3-5-13(12)15/h6-9,16H,2-5H2,1H3/p-1/b14-12+. The van der Waals surface area contributed by atoms with Crippen LogP contribution in [-0.2, 0) is 4.79 Å². The van der Waals surface area contributed by atoms with Crippen molar-refractivity contribution < 1.29 is 14.6 Å². The van der Waals surface area contributed by atoms with E-state index in [1.54, 1.807) is 31.4 Å². The summed E-state index contributed by atoms with van der Waals surface area (Å²) >= 11 is 0. The summed E-state index contributed by atoms with van der Waals surface area (Å²) in [6, 6.07) is 6.88. The average Bonchev–Trinajstić information content (AvgIpc) is 2.39. The number of ketones is 1. The minimum Gasteiger partial charge on any atom is -0.872 e. The Morgan fingerprint density at radius 3 is 2.41 bits per heavy atom. The number of allylic oxidation sites excluding steroid dienone is 1. The van der Waals surface area contributed by atoms with E-state index in [1.807, 2.05) is 0 Å². The third-order valence-electron chi connectivity index (χ3n) is 3.04. The first-order valence-electron chi connectivity index (χ1n) is 5.80. The second kappa shape index (κ2) is 5.04. The highest BCUT2D eigenvalue weighted by Crippen LogP contribution is 2.26. The highest BCUT2D eigenvalue weighted by molar-refractivity contribution is 6.01. The molecule has 1 aromatic carbocycles. The van der Waals surface area contributed by atoms with Crippen LogP contribution in [-0.4, -0.2) is 12.9 Å². The minimum atomic E-state index is -0.127. The number of hydrogen-bond donors (Lipinski definition) is 0. The molecule has 17 heavy (non-hydrogen) atoms. The fourth-order valence-electron chi connectivity index (χ4n) is 2.03. The summed E-state index contributed by atoms with van der Waals surface area (Å²) in [6.07, 6.45) is 2.96. The Bertz CT molecular complexity index is 443. The molecule has 0 atom stereocenters. The van der Waals surface area contributed by atoms with Crippen LogP contribution in [0.15, 0.2) is 29.8 Å². The monoisotopic (exact) mass is 231 g/mol. The maximum Gasteiger partial charge on any atom is 0.158 e. The lowest BCUT2D eigenvalue weighted by Gasteiger charge is -2.22. The van der Waals surface area contributed by atoms with Gasteiger partial charge in [-0.3, -0.25) is 4.79 Å². The molecule has 2 rings (SSSR count). The Balaban J connectivity index is 2.30. The largest absolute Gasteiger partial charge is 0.872 e. The normalized spacial score (nSPS) is 19.0. The molecule has 1 aliphatic rings. The first kappa shape index (κ1) is 11.7. The number of rotatable bonds is 2. The van der Waals surface area contributed by atoms with E-state index < -0.39 is 0 Å². The number of benzene rings is 1. The van der Waals surface area contributed by atoms with Crippen molar-refractivity contribution in [3.63, 3.8) is 0 Å². The molecule has 0 saturated heterocycles. The number of methoxy groups -OCH3 is 1. The van der Waals surface area contributed by atoms with Crippen molar-refractivity contribution in [2.45, 2.75) is 25.7 Å². The van der Waals surface area contributed by atoms with Crippen molar-refractivity contribution in [1.29, 1.82) is 0 Å². The Morgan fingerprint density at radius 2 is 1.82 bits per heavy atom. The van der Waals surface area contributed by atoms with Gasteiger partial charge in [0.2, 0.25) is 0 Å². The highest BCUT2D eigenvalue weighted by atomic mass is 16.5. The summed E-state index contributed by atoms with van der Waals surface area (Å²) in [4.78, 5) is 11.6. The first-order valence-corrected chi connectivity index (χ1v) is 5.80.